The summed E-state index contributed by atoms with van der Waals surface area (Å²) in [5.41, 5.74) is -0.163. The van der Waals surface area contributed by atoms with E-state index in [9.17, 15) is 13.2 Å². The molecular weight excluding hydrogens is 245 g/mol. The molecule has 0 N–H and O–H groups in total. The predicted octanol–water partition coefficient (Wildman–Crippen LogP) is 2.89. The van der Waals surface area contributed by atoms with Crippen molar-refractivity contribution in [1.29, 1.82) is 0 Å². The smallest absolute Gasteiger partial charge is 0.381 e. The molecule has 0 amide bonds. The largest absolute Gasteiger partial charge is 0.433 e. The summed E-state index contributed by atoms with van der Waals surface area (Å²) in [6.07, 6.45) is -2.01. The molecule has 6 heteroatoms. The van der Waals surface area contributed by atoms with Gasteiger partial charge in [-0.05, 0) is 25.3 Å². The van der Waals surface area contributed by atoms with Crippen LogP contribution in [0.25, 0.3) is 0 Å². The van der Waals surface area contributed by atoms with Crippen molar-refractivity contribution in [2.75, 3.05) is 13.2 Å². The first-order chi connectivity index (χ1) is 8.50. The van der Waals surface area contributed by atoms with Gasteiger partial charge in [0, 0.05) is 19.1 Å². The van der Waals surface area contributed by atoms with Crippen LogP contribution in [0, 0.1) is 5.92 Å². The van der Waals surface area contributed by atoms with Crippen molar-refractivity contribution in [2.24, 2.45) is 5.92 Å². The number of hydrogen-bond donors (Lipinski definition) is 0. The van der Waals surface area contributed by atoms with Crippen LogP contribution in [0.4, 0.5) is 13.2 Å². The number of aromatic nitrogens is 2. The molecule has 1 aliphatic rings. The van der Waals surface area contributed by atoms with Crippen molar-refractivity contribution in [2.45, 2.75) is 38.9 Å². The zero-order valence-electron chi connectivity index (χ0n) is 10.3. The van der Waals surface area contributed by atoms with Gasteiger partial charge in [-0.25, -0.2) is 0 Å². The lowest BCUT2D eigenvalue weighted by molar-refractivity contribution is -0.144. The first kappa shape index (κ1) is 13.4. The summed E-state index contributed by atoms with van der Waals surface area (Å²) < 4.78 is 45.0. The fourth-order valence-electron chi connectivity index (χ4n) is 2.21. The van der Waals surface area contributed by atoms with E-state index in [2.05, 4.69) is 5.10 Å². The zero-order chi connectivity index (χ0) is 13.2. The Balaban J connectivity index is 2.17. The predicted molar refractivity (Wildman–Crippen MR) is 60.2 cm³/mol. The summed E-state index contributed by atoms with van der Waals surface area (Å²) in [6, 6.07) is 1.14. The van der Waals surface area contributed by atoms with Crippen LogP contribution in [0.15, 0.2) is 6.07 Å². The van der Waals surface area contributed by atoms with Gasteiger partial charge in [-0.3, -0.25) is 4.68 Å². The highest BCUT2D eigenvalue weighted by molar-refractivity contribution is 5.13. The molecule has 1 saturated heterocycles. The Morgan fingerprint density at radius 1 is 1.50 bits per heavy atom. The Kier molecular flexibility index (Phi) is 3.94. The molecule has 1 unspecified atom stereocenters. The molecule has 0 aromatic carbocycles. The van der Waals surface area contributed by atoms with Crippen molar-refractivity contribution in [3.8, 4) is 0 Å². The number of hydrogen-bond acceptors (Lipinski definition) is 2. The van der Waals surface area contributed by atoms with Gasteiger partial charge in [-0.2, -0.15) is 18.3 Å². The highest BCUT2D eigenvalue weighted by Gasteiger charge is 2.36. The van der Waals surface area contributed by atoms with Crippen LogP contribution in [-0.4, -0.2) is 23.0 Å². The third-order valence-electron chi connectivity index (χ3n) is 3.17. The topological polar surface area (TPSA) is 27.1 Å². The van der Waals surface area contributed by atoms with E-state index in [1.807, 2.05) is 0 Å². The minimum atomic E-state index is -4.34. The minimum absolute atomic E-state index is 0.129. The van der Waals surface area contributed by atoms with E-state index < -0.39 is 11.9 Å². The number of rotatable bonds is 3. The second-order valence-corrected chi connectivity index (χ2v) is 4.64. The summed E-state index contributed by atoms with van der Waals surface area (Å²) in [5, 5.41) is 4.03. The maximum absolute atomic E-state index is 12.9. The highest BCUT2D eigenvalue weighted by atomic mass is 19.4. The lowest BCUT2D eigenvalue weighted by atomic mass is 10.0. The van der Waals surface area contributed by atoms with Crippen molar-refractivity contribution >= 4 is 0 Å². The number of halogens is 3. The standard InChI is InChI=1S/C12H17F3N2O/c1-2-10-6-11(12(13,14)15)17(16-10)7-9-4-3-5-18-8-9/h6,9H,2-5,7-8H2,1H3. The Hall–Kier alpha value is -1.04. The third kappa shape index (κ3) is 3.04. The number of ether oxygens (including phenoxy) is 1. The Labute approximate surface area is 104 Å². The molecule has 1 aromatic heterocycles. The fraction of sp³-hybridized carbons (Fsp3) is 0.750. The molecule has 3 nitrogen and oxygen atoms in total. The summed E-state index contributed by atoms with van der Waals surface area (Å²) in [4.78, 5) is 0. The van der Waals surface area contributed by atoms with E-state index in [0.717, 1.165) is 23.6 Å². The van der Waals surface area contributed by atoms with Crippen LogP contribution in [0.5, 0.6) is 0 Å². The van der Waals surface area contributed by atoms with Gasteiger partial charge in [0.2, 0.25) is 0 Å². The molecule has 0 saturated carbocycles. The van der Waals surface area contributed by atoms with Crippen molar-refractivity contribution < 1.29 is 17.9 Å². The second-order valence-electron chi connectivity index (χ2n) is 4.64. The molecule has 0 bridgehead atoms. The van der Waals surface area contributed by atoms with Gasteiger partial charge >= 0.3 is 6.18 Å². The number of aryl methyl sites for hydroxylation is 1. The van der Waals surface area contributed by atoms with Gasteiger partial charge in [-0.15, -0.1) is 0 Å². The van der Waals surface area contributed by atoms with Crippen LogP contribution in [-0.2, 0) is 23.9 Å². The molecule has 1 atom stereocenters. The van der Waals surface area contributed by atoms with Crippen molar-refractivity contribution in [1.82, 2.24) is 9.78 Å². The van der Waals surface area contributed by atoms with Crippen LogP contribution in [0.2, 0.25) is 0 Å². The second kappa shape index (κ2) is 5.30. The summed E-state index contributed by atoms with van der Waals surface area (Å²) >= 11 is 0. The Bertz CT molecular complexity index is 395. The van der Waals surface area contributed by atoms with Gasteiger partial charge in [-0.1, -0.05) is 6.92 Å². The van der Waals surface area contributed by atoms with E-state index in [1.54, 1.807) is 6.92 Å². The molecule has 1 fully saturated rings. The quantitative estimate of drug-likeness (QED) is 0.837. The third-order valence-corrected chi connectivity index (χ3v) is 3.17. The average molecular weight is 262 g/mol. The molecule has 0 spiro atoms. The first-order valence-corrected chi connectivity index (χ1v) is 6.22. The molecule has 2 heterocycles. The zero-order valence-corrected chi connectivity index (χ0v) is 10.3. The van der Waals surface area contributed by atoms with Gasteiger partial charge in [0.05, 0.1) is 12.3 Å². The molecule has 2 rings (SSSR count). The monoisotopic (exact) mass is 262 g/mol. The van der Waals surface area contributed by atoms with Crippen LogP contribution >= 0.6 is 0 Å². The van der Waals surface area contributed by atoms with E-state index in [0.29, 0.717) is 25.3 Å². The van der Waals surface area contributed by atoms with Crippen molar-refractivity contribution in [3.63, 3.8) is 0 Å². The molecule has 1 aromatic rings. The highest BCUT2D eigenvalue weighted by Crippen LogP contribution is 2.31. The maximum atomic E-state index is 12.9. The average Bonchev–Trinajstić information content (AvgIpc) is 2.73. The molecule has 0 aliphatic carbocycles. The Morgan fingerprint density at radius 3 is 2.83 bits per heavy atom. The summed E-state index contributed by atoms with van der Waals surface area (Å²) in [6.45, 7) is 3.33. The molecule has 102 valence electrons. The van der Waals surface area contributed by atoms with E-state index in [1.165, 1.54) is 0 Å². The van der Waals surface area contributed by atoms with Crippen LogP contribution < -0.4 is 0 Å². The number of alkyl halides is 3. The summed E-state index contributed by atoms with van der Waals surface area (Å²) in [7, 11) is 0. The van der Waals surface area contributed by atoms with Crippen LogP contribution in [0.3, 0.4) is 0 Å². The van der Waals surface area contributed by atoms with Crippen molar-refractivity contribution in [3.05, 3.63) is 17.5 Å². The first-order valence-electron chi connectivity index (χ1n) is 6.22. The Morgan fingerprint density at radius 2 is 2.28 bits per heavy atom. The van der Waals surface area contributed by atoms with Gasteiger partial charge in [0.1, 0.15) is 5.69 Å². The minimum Gasteiger partial charge on any atom is -0.381 e. The van der Waals surface area contributed by atoms with Gasteiger partial charge in [0.15, 0.2) is 0 Å². The lowest BCUT2D eigenvalue weighted by Gasteiger charge is -2.23. The SMILES string of the molecule is CCc1cc(C(F)(F)F)n(CC2CCCOC2)n1. The number of nitrogens with zero attached hydrogens (tertiary/aromatic N) is 2. The molecule has 18 heavy (non-hydrogen) atoms. The molecule has 1 aliphatic heterocycles. The fourth-order valence-corrected chi connectivity index (χ4v) is 2.21. The molecular formula is C12H17F3N2O. The maximum Gasteiger partial charge on any atom is 0.433 e. The summed E-state index contributed by atoms with van der Waals surface area (Å²) in [5.74, 6) is 0.129. The van der Waals surface area contributed by atoms with Gasteiger partial charge in [0.25, 0.3) is 0 Å². The van der Waals surface area contributed by atoms with E-state index in [4.69, 9.17) is 4.74 Å². The van der Waals surface area contributed by atoms with E-state index >= 15 is 0 Å². The van der Waals surface area contributed by atoms with Crippen LogP contribution in [0.1, 0.15) is 31.2 Å². The lowest BCUT2D eigenvalue weighted by Crippen LogP contribution is -2.25. The van der Waals surface area contributed by atoms with E-state index in [-0.39, 0.29) is 12.5 Å². The normalized spacial score (nSPS) is 21.2. The van der Waals surface area contributed by atoms with Gasteiger partial charge < -0.3 is 4.74 Å². The molecule has 0 radical (unpaired) electrons.